The highest BCUT2D eigenvalue weighted by atomic mass is 35.5. The van der Waals surface area contributed by atoms with E-state index in [4.69, 9.17) is 23.2 Å². The summed E-state index contributed by atoms with van der Waals surface area (Å²) in [6.07, 6.45) is 0. The van der Waals surface area contributed by atoms with Crippen molar-refractivity contribution >= 4 is 66.0 Å². The van der Waals surface area contributed by atoms with Crippen molar-refractivity contribution in [2.45, 2.75) is 23.0 Å². The number of nitrogens with zero attached hydrogens (tertiary/aromatic N) is 1. The van der Waals surface area contributed by atoms with E-state index in [0.717, 1.165) is 11.3 Å². The molecule has 0 aliphatic carbocycles. The molecule has 0 atom stereocenters. The van der Waals surface area contributed by atoms with Gasteiger partial charge in [-0.1, -0.05) is 29.3 Å². The van der Waals surface area contributed by atoms with Crippen LogP contribution >= 0.6 is 34.5 Å². The third-order valence-electron chi connectivity index (χ3n) is 3.64. The number of halogens is 2. The smallest absolute Gasteiger partial charge is 0.271 e. The molecule has 8 nitrogen and oxygen atoms in total. The van der Waals surface area contributed by atoms with Gasteiger partial charge < -0.3 is 0 Å². The van der Waals surface area contributed by atoms with Crippen molar-refractivity contribution in [2.75, 3.05) is 9.44 Å². The van der Waals surface area contributed by atoms with Crippen LogP contribution in [0.15, 0.2) is 38.8 Å². The molecule has 2 heterocycles. The number of nitrogens with one attached hydrogen (secondary N) is 3. The second-order valence-electron chi connectivity index (χ2n) is 5.72. The lowest BCUT2D eigenvalue weighted by Crippen LogP contribution is -2.18. The fourth-order valence-electron chi connectivity index (χ4n) is 2.46. The third kappa shape index (κ3) is 4.13. The molecule has 3 aromatic rings. The number of aromatic nitrogens is 2. The Balaban J connectivity index is 2.05. The first kappa shape index (κ1) is 20.9. The number of hydrogen-bond acceptors (Lipinski definition) is 6. The first-order chi connectivity index (χ1) is 13.0. The summed E-state index contributed by atoms with van der Waals surface area (Å²) in [5.74, 6) is 0. The van der Waals surface area contributed by atoms with Crippen molar-refractivity contribution in [3.8, 4) is 0 Å². The minimum Gasteiger partial charge on any atom is -0.281 e. The number of sulfonamides is 2. The van der Waals surface area contributed by atoms with E-state index in [1.165, 1.54) is 25.1 Å². The van der Waals surface area contributed by atoms with Gasteiger partial charge in [-0.25, -0.2) is 16.8 Å². The van der Waals surface area contributed by atoms with Crippen molar-refractivity contribution < 1.29 is 16.8 Å². The Morgan fingerprint density at radius 1 is 1.00 bits per heavy atom. The molecule has 28 heavy (non-hydrogen) atoms. The van der Waals surface area contributed by atoms with Gasteiger partial charge in [0.25, 0.3) is 20.0 Å². The van der Waals surface area contributed by atoms with E-state index in [0.29, 0.717) is 5.69 Å². The van der Waals surface area contributed by atoms with Crippen molar-refractivity contribution in [3.05, 3.63) is 51.1 Å². The number of hydrogen-bond donors (Lipinski definition) is 3. The molecule has 0 saturated carbocycles. The number of aromatic amines is 1. The van der Waals surface area contributed by atoms with Gasteiger partial charge in [-0.3, -0.25) is 14.5 Å². The third-order valence-corrected chi connectivity index (χ3v) is 8.75. The van der Waals surface area contributed by atoms with Crippen LogP contribution in [0.5, 0.6) is 0 Å². The lowest BCUT2D eigenvalue weighted by atomic mass is 10.3. The quantitative estimate of drug-likeness (QED) is 0.492. The van der Waals surface area contributed by atoms with Crippen molar-refractivity contribution in [3.63, 3.8) is 0 Å². The molecular formula is C15H14Cl2N4O4S3. The van der Waals surface area contributed by atoms with E-state index < -0.39 is 20.0 Å². The molecule has 0 saturated heterocycles. The van der Waals surface area contributed by atoms with Crippen LogP contribution in [0.3, 0.4) is 0 Å². The van der Waals surface area contributed by atoms with E-state index in [1.807, 2.05) is 0 Å². The Labute approximate surface area is 176 Å². The number of thiophene rings is 1. The van der Waals surface area contributed by atoms with Crippen LogP contribution in [0, 0.1) is 13.8 Å². The predicted molar refractivity (Wildman–Crippen MR) is 110 cm³/mol. The Hall–Kier alpha value is -1.79. The lowest BCUT2D eigenvalue weighted by Gasteiger charge is -2.15. The minimum absolute atomic E-state index is 0.0364. The average molecular weight is 481 g/mol. The van der Waals surface area contributed by atoms with E-state index in [1.54, 1.807) is 18.4 Å². The van der Waals surface area contributed by atoms with Crippen LogP contribution in [-0.2, 0) is 20.0 Å². The highest BCUT2D eigenvalue weighted by molar-refractivity contribution is 7.94. The molecule has 2 aromatic heterocycles. The molecule has 0 amide bonds. The summed E-state index contributed by atoms with van der Waals surface area (Å²) in [4.78, 5) is -0.0364. The number of H-pyrrole nitrogens is 1. The highest BCUT2D eigenvalue weighted by Gasteiger charge is 2.25. The molecule has 0 unspecified atom stereocenters. The Morgan fingerprint density at radius 3 is 2.04 bits per heavy atom. The SMILES string of the molecule is Cc1n[nH]c(C)c1S(=O)(=O)Nc1cc(Cl)c(Cl)cc1NS(=O)(=O)c1cccs1. The normalized spacial score (nSPS) is 12.1. The zero-order valence-corrected chi connectivity index (χ0v) is 18.4. The summed E-state index contributed by atoms with van der Waals surface area (Å²) in [6.45, 7) is 3.09. The monoisotopic (exact) mass is 480 g/mol. The second-order valence-corrected chi connectivity index (χ2v) is 11.0. The maximum absolute atomic E-state index is 12.8. The standard InChI is InChI=1S/C15H14Cl2N4O4S3/c1-8-15(9(2)19-18-8)28(24,25)21-13-7-11(17)10(16)6-12(13)20-27(22,23)14-4-3-5-26-14/h3-7,20-21H,1-2H3,(H,18,19). The van der Waals surface area contributed by atoms with Gasteiger partial charge in [-0.15, -0.1) is 11.3 Å². The van der Waals surface area contributed by atoms with E-state index in [9.17, 15) is 16.8 Å². The fraction of sp³-hybridized carbons (Fsp3) is 0.133. The lowest BCUT2D eigenvalue weighted by molar-refractivity contribution is 0.599. The number of rotatable bonds is 6. The van der Waals surface area contributed by atoms with Gasteiger partial charge in [0.15, 0.2) is 0 Å². The van der Waals surface area contributed by atoms with Gasteiger partial charge in [-0.05, 0) is 37.4 Å². The molecule has 0 aliphatic rings. The van der Waals surface area contributed by atoms with Gasteiger partial charge in [0.2, 0.25) is 0 Å². The number of aryl methyl sites for hydroxylation is 2. The molecule has 0 bridgehead atoms. The first-order valence-corrected chi connectivity index (χ1v) is 12.2. The molecule has 3 rings (SSSR count). The van der Waals surface area contributed by atoms with Crippen LogP contribution in [0.25, 0.3) is 0 Å². The summed E-state index contributed by atoms with van der Waals surface area (Å²) in [6, 6.07) is 5.48. The molecule has 0 spiro atoms. The second kappa shape index (κ2) is 7.56. The summed E-state index contributed by atoms with van der Waals surface area (Å²) in [5, 5.41) is 8.19. The average Bonchev–Trinajstić information content (AvgIpc) is 3.22. The van der Waals surface area contributed by atoms with Gasteiger partial charge in [-0.2, -0.15) is 5.10 Å². The highest BCUT2D eigenvalue weighted by Crippen LogP contribution is 2.36. The van der Waals surface area contributed by atoms with E-state index in [2.05, 4.69) is 19.6 Å². The first-order valence-electron chi connectivity index (χ1n) is 7.61. The maximum Gasteiger partial charge on any atom is 0.271 e. The zero-order valence-electron chi connectivity index (χ0n) is 14.4. The molecule has 0 radical (unpaired) electrons. The van der Waals surface area contributed by atoms with Crippen LogP contribution in [0.1, 0.15) is 11.4 Å². The van der Waals surface area contributed by atoms with Crippen LogP contribution in [0.2, 0.25) is 10.0 Å². The molecule has 3 N–H and O–H groups in total. The Bertz CT molecular complexity index is 1220. The molecule has 0 fully saturated rings. The summed E-state index contributed by atoms with van der Waals surface area (Å²) < 4.78 is 55.5. The molecule has 150 valence electrons. The van der Waals surface area contributed by atoms with Crippen LogP contribution in [0.4, 0.5) is 11.4 Å². The Morgan fingerprint density at radius 2 is 1.57 bits per heavy atom. The summed E-state index contributed by atoms with van der Waals surface area (Å²) in [5.41, 5.74) is 0.469. The number of benzene rings is 1. The van der Waals surface area contributed by atoms with Gasteiger partial charge in [0, 0.05) is 0 Å². The van der Waals surface area contributed by atoms with Crippen molar-refractivity contribution in [2.24, 2.45) is 0 Å². The minimum atomic E-state index is -4.07. The summed E-state index contributed by atoms with van der Waals surface area (Å²) >= 11 is 13.0. The van der Waals surface area contributed by atoms with Gasteiger partial charge in [0.1, 0.15) is 9.10 Å². The summed E-state index contributed by atoms with van der Waals surface area (Å²) in [7, 11) is -8.00. The van der Waals surface area contributed by atoms with Gasteiger partial charge >= 0.3 is 0 Å². The van der Waals surface area contributed by atoms with E-state index in [-0.39, 0.29) is 36.2 Å². The Kier molecular flexibility index (Phi) is 5.65. The van der Waals surface area contributed by atoms with Crippen molar-refractivity contribution in [1.82, 2.24) is 10.2 Å². The molecular weight excluding hydrogens is 467 g/mol. The number of anilines is 2. The zero-order chi connectivity index (χ0) is 20.7. The largest absolute Gasteiger partial charge is 0.281 e. The van der Waals surface area contributed by atoms with Crippen LogP contribution < -0.4 is 9.44 Å². The van der Waals surface area contributed by atoms with Crippen molar-refractivity contribution in [1.29, 1.82) is 0 Å². The predicted octanol–water partition coefficient (Wildman–Crippen LogP) is 4.00. The van der Waals surface area contributed by atoms with Crippen LogP contribution in [-0.4, -0.2) is 27.0 Å². The topological polar surface area (TPSA) is 121 Å². The maximum atomic E-state index is 12.8. The molecule has 1 aromatic carbocycles. The molecule has 13 heteroatoms. The van der Waals surface area contributed by atoms with Gasteiger partial charge in [0.05, 0.1) is 32.8 Å². The fourth-order valence-corrected chi connectivity index (χ4v) is 6.29. The van der Waals surface area contributed by atoms with E-state index >= 15 is 0 Å². The molecule has 0 aliphatic heterocycles.